The second kappa shape index (κ2) is 7.90. The molecule has 0 spiro atoms. The number of nitrogens with one attached hydrogen (secondary N) is 2. The number of thioether (sulfide) groups is 1. The minimum Gasteiger partial charge on any atom is -0.416 e. The molecule has 7 nitrogen and oxygen atoms in total. The average Bonchev–Trinajstić information content (AvgIpc) is 3.38. The number of benzene rings is 1. The summed E-state index contributed by atoms with van der Waals surface area (Å²) >= 11 is 1.28. The second-order valence-electron chi connectivity index (χ2n) is 6.50. The first kappa shape index (κ1) is 17.1. The van der Waals surface area contributed by atoms with E-state index in [0.29, 0.717) is 35.7 Å². The van der Waals surface area contributed by atoms with E-state index in [2.05, 4.69) is 25.5 Å². The number of carbonyl (C=O) groups is 1. The Bertz CT molecular complexity index is 851. The van der Waals surface area contributed by atoms with E-state index in [1.165, 1.54) is 24.6 Å². The average molecular weight is 371 g/mol. The van der Waals surface area contributed by atoms with Crippen LogP contribution in [0.1, 0.15) is 37.4 Å². The van der Waals surface area contributed by atoms with Gasteiger partial charge in [0.2, 0.25) is 11.8 Å². The van der Waals surface area contributed by atoms with Crippen LogP contribution in [-0.4, -0.2) is 37.9 Å². The maximum atomic E-state index is 11.9. The molecule has 3 aromatic rings. The quantitative estimate of drug-likeness (QED) is 0.620. The molecule has 26 heavy (non-hydrogen) atoms. The molecule has 2 N–H and O–H groups in total. The Labute approximate surface area is 155 Å². The molecule has 1 saturated carbocycles. The van der Waals surface area contributed by atoms with Crippen molar-refractivity contribution < 1.29 is 9.21 Å². The van der Waals surface area contributed by atoms with Gasteiger partial charge in [-0.15, -0.1) is 10.2 Å². The van der Waals surface area contributed by atoms with Crippen LogP contribution in [0.25, 0.3) is 11.0 Å². The Morgan fingerprint density at radius 3 is 2.92 bits per heavy atom. The normalized spacial score (nSPS) is 14.9. The molecule has 8 heteroatoms. The Hall–Kier alpha value is -2.35. The zero-order valence-corrected chi connectivity index (χ0v) is 15.2. The van der Waals surface area contributed by atoms with Crippen LogP contribution < -0.4 is 5.32 Å². The number of nitrogens with zero attached hydrogens (tertiary/aromatic N) is 3. The minimum absolute atomic E-state index is 0.0314. The zero-order valence-electron chi connectivity index (χ0n) is 14.4. The van der Waals surface area contributed by atoms with Gasteiger partial charge in [0.1, 0.15) is 5.82 Å². The highest BCUT2D eigenvalue weighted by Gasteiger charge is 2.18. The number of para-hydroxylation sites is 2. The van der Waals surface area contributed by atoms with Crippen LogP contribution in [0.3, 0.4) is 0 Å². The van der Waals surface area contributed by atoms with Crippen LogP contribution in [0.5, 0.6) is 0 Å². The molecule has 0 radical (unpaired) electrons. The minimum atomic E-state index is 0.0314. The third kappa shape index (κ3) is 4.24. The van der Waals surface area contributed by atoms with E-state index in [1.54, 1.807) is 0 Å². The highest BCUT2D eigenvalue weighted by molar-refractivity contribution is 7.99. The maximum Gasteiger partial charge on any atom is 0.277 e. The third-order valence-corrected chi connectivity index (χ3v) is 5.33. The SMILES string of the molecule is O=C(CSc1nnc(CCc2nc3ccccc3[nH]2)o1)NC1CCCC1. The van der Waals surface area contributed by atoms with Crippen molar-refractivity contribution in [3.8, 4) is 0 Å². The van der Waals surface area contributed by atoms with E-state index >= 15 is 0 Å². The van der Waals surface area contributed by atoms with Gasteiger partial charge in [0, 0.05) is 18.9 Å². The Morgan fingerprint density at radius 2 is 2.08 bits per heavy atom. The van der Waals surface area contributed by atoms with Crippen molar-refractivity contribution in [3.05, 3.63) is 36.0 Å². The van der Waals surface area contributed by atoms with Crippen molar-refractivity contribution >= 4 is 28.7 Å². The number of aryl methyl sites for hydroxylation is 2. The molecular formula is C18H21N5O2S. The lowest BCUT2D eigenvalue weighted by Crippen LogP contribution is -2.33. The molecule has 136 valence electrons. The molecule has 4 rings (SSSR count). The molecular weight excluding hydrogens is 350 g/mol. The Morgan fingerprint density at radius 1 is 1.23 bits per heavy atom. The Balaban J connectivity index is 1.25. The molecule has 1 aromatic carbocycles. The number of aromatic nitrogens is 4. The number of H-pyrrole nitrogens is 1. The fourth-order valence-electron chi connectivity index (χ4n) is 3.21. The van der Waals surface area contributed by atoms with Crippen LogP contribution in [-0.2, 0) is 17.6 Å². The van der Waals surface area contributed by atoms with Crippen LogP contribution in [0.15, 0.2) is 33.9 Å². The number of hydrogen-bond acceptors (Lipinski definition) is 6. The van der Waals surface area contributed by atoms with E-state index in [0.717, 1.165) is 29.7 Å². The first-order chi connectivity index (χ1) is 12.8. The highest BCUT2D eigenvalue weighted by atomic mass is 32.2. The fourth-order valence-corrected chi connectivity index (χ4v) is 3.81. The van der Waals surface area contributed by atoms with Crippen molar-refractivity contribution in [2.24, 2.45) is 0 Å². The number of imidazole rings is 1. The molecule has 0 saturated heterocycles. The van der Waals surface area contributed by atoms with Gasteiger partial charge in [0.15, 0.2) is 0 Å². The first-order valence-corrected chi connectivity index (χ1v) is 9.93. The summed E-state index contributed by atoms with van der Waals surface area (Å²) in [6.07, 6.45) is 5.89. The summed E-state index contributed by atoms with van der Waals surface area (Å²) in [6.45, 7) is 0. The zero-order chi connectivity index (χ0) is 17.8. The first-order valence-electron chi connectivity index (χ1n) is 8.94. The molecule has 0 atom stereocenters. The van der Waals surface area contributed by atoms with E-state index in [9.17, 15) is 4.79 Å². The van der Waals surface area contributed by atoms with Crippen LogP contribution in [0, 0.1) is 0 Å². The number of fused-ring (bicyclic) bond motifs is 1. The molecule has 2 aromatic heterocycles. The summed E-state index contributed by atoms with van der Waals surface area (Å²) in [5, 5.41) is 11.6. The molecule has 0 unspecified atom stereocenters. The lowest BCUT2D eigenvalue weighted by molar-refractivity contribution is -0.119. The van der Waals surface area contributed by atoms with Gasteiger partial charge in [-0.25, -0.2) is 4.98 Å². The highest BCUT2D eigenvalue weighted by Crippen LogP contribution is 2.20. The molecule has 2 heterocycles. The number of rotatable bonds is 7. The topological polar surface area (TPSA) is 96.7 Å². The summed E-state index contributed by atoms with van der Waals surface area (Å²) in [6, 6.07) is 8.27. The lowest BCUT2D eigenvalue weighted by Gasteiger charge is -2.10. The smallest absolute Gasteiger partial charge is 0.277 e. The van der Waals surface area contributed by atoms with Gasteiger partial charge in [0.05, 0.1) is 16.8 Å². The van der Waals surface area contributed by atoms with Crippen LogP contribution in [0.2, 0.25) is 0 Å². The van der Waals surface area contributed by atoms with Crippen molar-refractivity contribution in [2.45, 2.75) is 49.8 Å². The van der Waals surface area contributed by atoms with Gasteiger partial charge in [-0.05, 0) is 25.0 Å². The van der Waals surface area contributed by atoms with Crippen LogP contribution >= 0.6 is 11.8 Å². The van der Waals surface area contributed by atoms with Gasteiger partial charge in [0.25, 0.3) is 5.22 Å². The summed E-state index contributed by atoms with van der Waals surface area (Å²) in [7, 11) is 0. The van der Waals surface area contributed by atoms with Gasteiger partial charge in [-0.2, -0.15) is 0 Å². The lowest BCUT2D eigenvalue weighted by atomic mass is 10.2. The summed E-state index contributed by atoms with van der Waals surface area (Å²) in [4.78, 5) is 19.8. The molecule has 1 aliphatic rings. The van der Waals surface area contributed by atoms with Gasteiger partial charge in [-0.1, -0.05) is 36.7 Å². The summed E-state index contributed by atoms with van der Waals surface area (Å²) in [5.41, 5.74) is 1.98. The second-order valence-corrected chi connectivity index (χ2v) is 7.43. The molecule has 0 bridgehead atoms. The summed E-state index contributed by atoms with van der Waals surface area (Å²) in [5.74, 6) is 1.80. The fraction of sp³-hybridized carbons (Fsp3) is 0.444. The van der Waals surface area contributed by atoms with E-state index in [1.807, 2.05) is 24.3 Å². The number of hydrogen-bond donors (Lipinski definition) is 2. The predicted molar refractivity (Wildman–Crippen MR) is 98.9 cm³/mol. The van der Waals surface area contributed by atoms with Gasteiger partial charge < -0.3 is 14.7 Å². The number of amides is 1. The van der Waals surface area contributed by atoms with E-state index in [-0.39, 0.29) is 5.91 Å². The van der Waals surface area contributed by atoms with Crippen LogP contribution in [0.4, 0.5) is 0 Å². The van der Waals surface area contributed by atoms with Gasteiger partial charge >= 0.3 is 0 Å². The van der Waals surface area contributed by atoms with Gasteiger partial charge in [-0.3, -0.25) is 4.79 Å². The summed E-state index contributed by atoms with van der Waals surface area (Å²) < 4.78 is 5.62. The molecule has 0 aliphatic heterocycles. The van der Waals surface area contributed by atoms with E-state index < -0.39 is 0 Å². The number of carbonyl (C=O) groups excluding carboxylic acids is 1. The standard InChI is InChI=1S/C18H21N5O2S/c24-16(19-12-5-1-2-6-12)11-26-18-23-22-17(25-18)10-9-15-20-13-7-3-4-8-14(13)21-15/h3-4,7-8,12H,1-2,5-6,9-11H2,(H,19,24)(H,20,21). The molecule has 1 aliphatic carbocycles. The predicted octanol–water partition coefficient (Wildman–Crippen LogP) is 2.88. The van der Waals surface area contributed by atoms with Crippen molar-refractivity contribution in [1.82, 2.24) is 25.5 Å². The van der Waals surface area contributed by atoms with Crippen molar-refractivity contribution in [3.63, 3.8) is 0 Å². The largest absolute Gasteiger partial charge is 0.416 e. The molecule has 1 fully saturated rings. The van der Waals surface area contributed by atoms with Crippen molar-refractivity contribution in [1.29, 1.82) is 0 Å². The monoisotopic (exact) mass is 371 g/mol. The van der Waals surface area contributed by atoms with Crippen molar-refractivity contribution in [2.75, 3.05) is 5.75 Å². The number of aromatic amines is 1. The maximum absolute atomic E-state index is 11.9. The molecule has 1 amide bonds. The third-order valence-electron chi connectivity index (χ3n) is 4.51. The van der Waals surface area contributed by atoms with E-state index in [4.69, 9.17) is 4.42 Å². The Kier molecular flexibility index (Phi) is 5.19.